The van der Waals surface area contributed by atoms with Crippen molar-refractivity contribution >= 4 is 34.9 Å². The van der Waals surface area contributed by atoms with Crippen molar-refractivity contribution in [1.82, 2.24) is 15.2 Å². The SMILES string of the molecule is CCN(C)C[C@@H](C)NC(=O)Nc1cc(Cl)nc(Cl)c1. The summed E-state index contributed by atoms with van der Waals surface area (Å²) < 4.78 is 0. The van der Waals surface area contributed by atoms with E-state index in [1.54, 1.807) is 0 Å². The van der Waals surface area contributed by atoms with Crippen molar-refractivity contribution in [2.45, 2.75) is 19.9 Å². The highest BCUT2D eigenvalue weighted by atomic mass is 35.5. The van der Waals surface area contributed by atoms with Gasteiger partial charge < -0.3 is 15.5 Å². The summed E-state index contributed by atoms with van der Waals surface area (Å²) in [5.41, 5.74) is 0.513. The van der Waals surface area contributed by atoms with Crippen LogP contribution in [0.2, 0.25) is 10.3 Å². The van der Waals surface area contributed by atoms with Gasteiger partial charge in [0.1, 0.15) is 10.3 Å². The van der Waals surface area contributed by atoms with Crippen LogP contribution in [0.15, 0.2) is 12.1 Å². The Bertz CT molecular complexity index is 421. The zero-order valence-corrected chi connectivity index (χ0v) is 12.7. The number of rotatable bonds is 5. The summed E-state index contributed by atoms with van der Waals surface area (Å²) in [6.45, 7) is 5.72. The van der Waals surface area contributed by atoms with Gasteiger partial charge in [0.15, 0.2) is 0 Å². The summed E-state index contributed by atoms with van der Waals surface area (Å²) in [6, 6.07) is 2.82. The van der Waals surface area contributed by atoms with Crippen molar-refractivity contribution in [2.75, 3.05) is 25.5 Å². The van der Waals surface area contributed by atoms with Gasteiger partial charge >= 0.3 is 6.03 Å². The molecule has 0 aromatic carbocycles. The predicted octanol–water partition coefficient (Wildman–Crippen LogP) is 2.85. The van der Waals surface area contributed by atoms with E-state index in [2.05, 4.69) is 27.4 Å². The van der Waals surface area contributed by atoms with E-state index >= 15 is 0 Å². The van der Waals surface area contributed by atoms with Gasteiger partial charge in [-0.3, -0.25) is 0 Å². The van der Waals surface area contributed by atoms with Crippen molar-refractivity contribution in [1.29, 1.82) is 0 Å². The van der Waals surface area contributed by atoms with Crippen LogP contribution >= 0.6 is 23.2 Å². The fourth-order valence-corrected chi connectivity index (χ4v) is 2.03. The number of carbonyl (C=O) groups is 1. The van der Waals surface area contributed by atoms with Crippen molar-refractivity contribution in [3.05, 3.63) is 22.4 Å². The van der Waals surface area contributed by atoms with E-state index in [1.165, 1.54) is 12.1 Å². The van der Waals surface area contributed by atoms with E-state index in [0.717, 1.165) is 13.1 Å². The lowest BCUT2D eigenvalue weighted by molar-refractivity contribution is 0.243. The quantitative estimate of drug-likeness (QED) is 0.822. The van der Waals surface area contributed by atoms with Crippen molar-refractivity contribution in [2.24, 2.45) is 0 Å². The number of amides is 2. The first-order chi connectivity index (χ1) is 8.90. The maximum atomic E-state index is 11.8. The number of hydrogen-bond donors (Lipinski definition) is 2. The summed E-state index contributed by atoms with van der Waals surface area (Å²) in [5, 5.41) is 5.98. The molecule has 5 nitrogen and oxygen atoms in total. The summed E-state index contributed by atoms with van der Waals surface area (Å²) >= 11 is 11.5. The smallest absolute Gasteiger partial charge is 0.319 e. The van der Waals surface area contributed by atoms with Crippen LogP contribution in [0, 0.1) is 0 Å². The number of nitrogens with one attached hydrogen (secondary N) is 2. The molecule has 0 unspecified atom stereocenters. The van der Waals surface area contributed by atoms with Crippen LogP contribution in [-0.4, -0.2) is 42.1 Å². The number of hydrogen-bond acceptors (Lipinski definition) is 3. The van der Waals surface area contributed by atoms with Crippen LogP contribution in [0.25, 0.3) is 0 Å². The lowest BCUT2D eigenvalue weighted by Gasteiger charge is -2.20. The molecule has 19 heavy (non-hydrogen) atoms. The number of likely N-dealkylation sites (N-methyl/N-ethyl adjacent to an activating group) is 1. The Morgan fingerprint density at radius 2 is 2.00 bits per heavy atom. The van der Waals surface area contributed by atoms with Crippen LogP contribution in [0.5, 0.6) is 0 Å². The number of carbonyl (C=O) groups excluding carboxylic acids is 1. The van der Waals surface area contributed by atoms with Crippen LogP contribution in [-0.2, 0) is 0 Å². The highest BCUT2D eigenvalue weighted by Gasteiger charge is 2.10. The first-order valence-electron chi connectivity index (χ1n) is 6.00. The zero-order chi connectivity index (χ0) is 14.4. The molecule has 2 N–H and O–H groups in total. The van der Waals surface area contributed by atoms with Crippen molar-refractivity contribution < 1.29 is 4.79 Å². The molecular weight excluding hydrogens is 287 g/mol. The number of anilines is 1. The Morgan fingerprint density at radius 3 is 2.53 bits per heavy atom. The Hall–Kier alpha value is -1.04. The van der Waals surface area contributed by atoms with Gasteiger partial charge in [0.05, 0.1) is 0 Å². The standard InChI is InChI=1S/C12H18Cl2N4O/c1-4-18(3)7-8(2)15-12(19)16-9-5-10(13)17-11(14)6-9/h5-6,8H,4,7H2,1-3H3,(H2,15,16,17,19)/t8-/m1/s1. The number of nitrogens with zero attached hydrogens (tertiary/aromatic N) is 2. The Balaban J connectivity index is 2.50. The summed E-state index contributed by atoms with van der Waals surface area (Å²) in [5.74, 6) is 0. The fraction of sp³-hybridized carbons (Fsp3) is 0.500. The second-order valence-corrected chi connectivity index (χ2v) is 5.13. The van der Waals surface area contributed by atoms with Crippen molar-refractivity contribution in [3.63, 3.8) is 0 Å². The minimum atomic E-state index is -0.296. The Kier molecular flexibility index (Phi) is 6.34. The molecule has 1 atom stereocenters. The summed E-state index contributed by atoms with van der Waals surface area (Å²) in [4.78, 5) is 17.7. The van der Waals surface area contributed by atoms with Crippen LogP contribution in [0.3, 0.4) is 0 Å². The molecule has 0 aliphatic heterocycles. The van der Waals surface area contributed by atoms with Gasteiger partial charge in [-0.05, 0) is 32.6 Å². The molecule has 0 aliphatic rings. The first-order valence-corrected chi connectivity index (χ1v) is 6.75. The number of halogens is 2. The minimum absolute atomic E-state index is 0.0396. The summed E-state index contributed by atoms with van der Waals surface area (Å²) in [6.07, 6.45) is 0. The van der Waals surface area contributed by atoms with E-state index < -0.39 is 0 Å². The van der Waals surface area contributed by atoms with Gasteiger partial charge in [-0.25, -0.2) is 9.78 Å². The minimum Gasteiger partial charge on any atom is -0.334 e. The zero-order valence-electron chi connectivity index (χ0n) is 11.2. The fourth-order valence-electron chi connectivity index (χ4n) is 1.57. The topological polar surface area (TPSA) is 57.3 Å². The molecule has 1 aromatic rings. The van der Waals surface area contributed by atoms with E-state index in [9.17, 15) is 4.79 Å². The third-order valence-electron chi connectivity index (χ3n) is 2.52. The van der Waals surface area contributed by atoms with E-state index in [-0.39, 0.29) is 22.4 Å². The van der Waals surface area contributed by atoms with Gasteiger partial charge in [0.25, 0.3) is 0 Å². The monoisotopic (exact) mass is 304 g/mol. The molecule has 0 saturated carbocycles. The molecule has 1 aromatic heterocycles. The van der Waals surface area contributed by atoms with Gasteiger partial charge in [-0.1, -0.05) is 30.1 Å². The molecule has 0 fully saturated rings. The van der Waals surface area contributed by atoms with Crippen molar-refractivity contribution in [3.8, 4) is 0 Å². The molecule has 0 radical (unpaired) electrons. The van der Waals surface area contributed by atoms with Crippen LogP contribution in [0.4, 0.5) is 10.5 Å². The maximum Gasteiger partial charge on any atom is 0.319 e. The Labute approximate surface area is 123 Å². The number of pyridine rings is 1. The van der Waals surface area contributed by atoms with Gasteiger partial charge in [-0.15, -0.1) is 0 Å². The highest BCUT2D eigenvalue weighted by molar-refractivity contribution is 6.32. The maximum absolute atomic E-state index is 11.8. The van der Waals surface area contributed by atoms with E-state index in [4.69, 9.17) is 23.2 Å². The van der Waals surface area contributed by atoms with Gasteiger partial charge in [-0.2, -0.15) is 0 Å². The van der Waals surface area contributed by atoms with E-state index in [0.29, 0.717) is 5.69 Å². The molecule has 106 valence electrons. The number of aromatic nitrogens is 1. The molecule has 7 heteroatoms. The second kappa shape index (κ2) is 7.53. The third-order valence-corrected chi connectivity index (χ3v) is 2.91. The highest BCUT2D eigenvalue weighted by Crippen LogP contribution is 2.18. The summed E-state index contributed by atoms with van der Waals surface area (Å²) in [7, 11) is 2.00. The van der Waals surface area contributed by atoms with Gasteiger partial charge in [0, 0.05) is 18.3 Å². The molecule has 0 saturated heterocycles. The molecule has 1 rings (SSSR count). The van der Waals surface area contributed by atoms with Gasteiger partial charge in [0.2, 0.25) is 0 Å². The average Bonchev–Trinajstić information content (AvgIpc) is 2.26. The van der Waals surface area contributed by atoms with Crippen LogP contribution < -0.4 is 10.6 Å². The first kappa shape index (κ1) is 16.0. The van der Waals surface area contributed by atoms with E-state index in [1.807, 2.05) is 14.0 Å². The third kappa shape index (κ3) is 6.09. The molecule has 2 amide bonds. The second-order valence-electron chi connectivity index (χ2n) is 4.36. The molecule has 1 heterocycles. The number of urea groups is 1. The molecular formula is C12H18Cl2N4O. The largest absolute Gasteiger partial charge is 0.334 e. The normalized spacial score (nSPS) is 12.3. The molecule has 0 bridgehead atoms. The lowest BCUT2D eigenvalue weighted by atomic mass is 10.3. The lowest BCUT2D eigenvalue weighted by Crippen LogP contribution is -2.42. The predicted molar refractivity (Wildman–Crippen MR) is 79.0 cm³/mol. The van der Waals surface area contributed by atoms with Crippen LogP contribution in [0.1, 0.15) is 13.8 Å². The Morgan fingerprint density at radius 1 is 1.42 bits per heavy atom. The molecule has 0 aliphatic carbocycles. The average molecular weight is 305 g/mol. The molecule has 0 spiro atoms.